The molecule has 1 atom stereocenters. The van der Waals surface area contributed by atoms with E-state index < -0.39 is 17.2 Å². The van der Waals surface area contributed by atoms with Crippen LogP contribution in [0.25, 0.3) is 0 Å². The number of rotatable bonds is 4. The number of aromatic nitrogens is 2. The lowest BCUT2D eigenvalue weighted by molar-refractivity contribution is 0.0942. The molecule has 1 saturated heterocycles. The summed E-state index contributed by atoms with van der Waals surface area (Å²) in [5, 5.41) is 2.78. The van der Waals surface area contributed by atoms with Gasteiger partial charge in [-0.25, -0.2) is 4.79 Å². The Kier molecular flexibility index (Phi) is 4.27. The van der Waals surface area contributed by atoms with E-state index in [-0.39, 0.29) is 5.69 Å². The van der Waals surface area contributed by atoms with Gasteiger partial charge in [0.1, 0.15) is 5.69 Å². The Hall–Kier alpha value is -2.83. The molecule has 23 heavy (non-hydrogen) atoms. The van der Waals surface area contributed by atoms with Crippen LogP contribution in [0.3, 0.4) is 0 Å². The van der Waals surface area contributed by atoms with Crippen molar-refractivity contribution in [1.82, 2.24) is 15.3 Å². The molecule has 2 aromatic rings. The number of carbonyl (C=O) groups excluding carboxylic acids is 1. The van der Waals surface area contributed by atoms with Gasteiger partial charge in [-0.2, -0.15) is 0 Å². The third-order valence-electron chi connectivity index (χ3n) is 3.96. The van der Waals surface area contributed by atoms with Crippen LogP contribution in [-0.4, -0.2) is 35.5 Å². The molecule has 3 rings (SSSR count). The first-order chi connectivity index (χ1) is 11.1. The number of aromatic amines is 2. The third kappa shape index (κ3) is 3.68. The Bertz CT molecular complexity index is 768. The van der Waals surface area contributed by atoms with Gasteiger partial charge in [0.15, 0.2) is 0 Å². The number of nitrogens with one attached hydrogen (secondary N) is 3. The van der Waals surface area contributed by atoms with Gasteiger partial charge in [-0.3, -0.25) is 14.6 Å². The topological polar surface area (TPSA) is 98.1 Å². The van der Waals surface area contributed by atoms with Gasteiger partial charge in [-0.1, -0.05) is 18.2 Å². The quantitative estimate of drug-likeness (QED) is 0.757. The lowest BCUT2D eigenvalue weighted by atomic mass is 10.1. The van der Waals surface area contributed by atoms with Crippen molar-refractivity contribution >= 4 is 11.6 Å². The maximum Gasteiger partial charge on any atom is 0.326 e. The number of H-pyrrole nitrogens is 2. The average Bonchev–Trinajstić information content (AvgIpc) is 3.01. The molecule has 3 N–H and O–H groups in total. The van der Waals surface area contributed by atoms with Gasteiger partial charge < -0.3 is 15.2 Å². The molecule has 0 saturated carbocycles. The highest BCUT2D eigenvalue weighted by Gasteiger charge is 2.23. The molecule has 1 aromatic heterocycles. The van der Waals surface area contributed by atoms with Crippen LogP contribution in [0, 0.1) is 5.92 Å². The second kappa shape index (κ2) is 6.51. The number of nitrogens with zero attached hydrogens (tertiary/aromatic N) is 1. The summed E-state index contributed by atoms with van der Waals surface area (Å²) in [6.07, 6.45) is 0.987. The molecule has 0 bridgehead atoms. The monoisotopic (exact) mass is 314 g/mol. The van der Waals surface area contributed by atoms with Crippen LogP contribution in [0.15, 0.2) is 46.0 Å². The van der Waals surface area contributed by atoms with Crippen molar-refractivity contribution in [1.29, 1.82) is 0 Å². The van der Waals surface area contributed by atoms with Crippen LogP contribution in [-0.2, 0) is 0 Å². The zero-order valence-corrected chi connectivity index (χ0v) is 12.5. The van der Waals surface area contributed by atoms with Crippen LogP contribution in [0.1, 0.15) is 16.9 Å². The van der Waals surface area contributed by atoms with Crippen LogP contribution in [0.5, 0.6) is 0 Å². The van der Waals surface area contributed by atoms with Gasteiger partial charge in [-0.05, 0) is 24.5 Å². The Balaban J connectivity index is 1.56. The van der Waals surface area contributed by atoms with Crippen molar-refractivity contribution in [3.05, 3.63) is 62.9 Å². The van der Waals surface area contributed by atoms with E-state index in [9.17, 15) is 14.4 Å². The summed E-state index contributed by atoms with van der Waals surface area (Å²) in [5.41, 5.74) is -0.106. The molecular weight excluding hydrogens is 296 g/mol. The van der Waals surface area contributed by atoms with Crippen molar-refractivity contribution in [2.24, 2.45) is 5.92 Å². The molecule has 1 aliphatic heterocycles. The lowest BCUT2D eigenvalue weighted by Crippen LogP contribution is -2.34. The summed E-state index contributed by atoms with van der Waals surface area (Å²) in [7, 11) is 0. The molecule has 120 valence electrons. The van der Waals surface area contributed by atoms with E-state index in [0.717, 1.165) is 25.6 Å². The lowest BCUT2D eigenvalue weighted by Gasteiger charge is -2.18. The average molecular weight is 314 g/mol. The summed E-state index contributed by atoms with van der Waals surface area (Å²) < 4.78 is 0. The van der Waals surface area contributed by atoms with E-state index >= 15 is 0 Å². The van der Waals surface area contributed by atoms with E-state index in [2.05, 4.69) is 27.3 Å². The smallest absolute Gasteiger partial charge is 0.326 e. The maximum atomic E-state index is 12.0. The third-order valence-corrected chi connectivity index (χ3v) is 3.96. The number of benzene rings is 1. The Morgan fingerprint density at radius 2 is 2.00 bits per heavy atom. The van der Waals surface area contributed by atoms with Crippen molar-refractivity contribution < 1.29 is 4.79 Å². The Morgan fingerprint density at radius 1 is 1.22 bits per heavy atom. The van der Waals surface area contributed by atoms with Gasteiger partial charge in [-0.15, -0.1) is 0 Å². The molecule has 1 fully saturated rings. The first kappa shape index (κ1) is 15.1. The fourth-order valence-corrected chi connectivity index (χ4v) is 2.80. The van der Waals surface area contributed by atoms with E-state index in [1.165, 1.54) is 5.69 Å². The molecule has 1 amide bonds. The minimum absolute atomic E-state index is 0.0170. The summed E-state index contributed by atoms with van der Waals surface area (Å²) in [6.45, 7) is 2.33. The maximum absolute atomic E-state index is 12.0. The van der Waals surface area contributed by atoms with Crippen LogP contribution >= 0.6 is 0 Å². The van der Waals surface area contributed by atoms with E-state index in [0.29, 0.717) is 12.5 Å². The molecule has 0 unspecified atom stereocenters. The molecule has 7 heteroatoms. The highest BCUT2D eigenvalue weighted by molar-refractivity contribution is 5.92. The summed E-state index contributed by atoms with van der Waals surface area (Å²) in [4.78, 5) is 41.0. The molecule has 0 aliphatic carbocycles. The van der Waals surface area contributed by atoms with Crippen LogP contribution in [0.4, 0.5) is 5.69 Å². The normalized spacial score (nSPS) is 17.2. The van der Waals surface area contributed by atoms with Gasteiger partial charge in [0.05, 0.1) is 0 Å². The predicted octanol–water partition coefficient (Wildman–Crippen LogP) is 0.320. The van der Waals surface area contributed by atoms with Gasteiger partial charge >= 0.3 is 5.69 Å². The Morgan fingerprint density at radius 3 is 2.74 bits per heavy atom. The van der Waals surface area contributed by atoms with Gasteiger partial charge in [0.2, 0.25) is 0 Å². The second-order valence-electron chi connectivity index (χ2n) is 5.65. The predicted molar refractivity (Wildman–Crippen MR) is 86.8 cm³/mol. The van der Waals surface area contributed by atoms with E-state index in [4.69, 9.17) is 0 Å². The van der Waals surface area contributed by atoms with Crippen molar-refractivity contribution in [3.8, 4) is 0 Å². The van der Waals surface area contributed by atoms with E-state index in [1.807, 2.05) is 23.2 Å². The minimum Gasteiger partial charge on any atom is -0.371 e. The molecule has 2 heterocycles. The SMILES string of the molecule is O=C(NC[C@H]1CCN(c2ccccc2)C1)c1cc(=O)[nH]c(=O)[nH]1. The second-order valence-corrected chi connectivity index (χ2v) is 5.65. The number of anilines is 1. The molecule has 7 nitrogen and oxygen atoms in total. The number of para-hydroxylation sites is 1. The highest BCUT2D eigenvalue weighted by Crippen LogP contribution is 2.22. The minimum atomic E-state index is -0.682. The van der Waals surface area contributed by atoms with Crippen LogP contribution in [0.2, 0.25) is 0 Å². The van der Waals surface area contributed by atoms with Gasteiger partial charge in [0.25, 0.3) is 11.5 Å². The van der Waals surface area contributed by atoms with Crippen LogP contribution < -0.4 is 21.5 Å². The zero-order chi connectivity index (χ0) is 16.2. The Labute approximate surface area is 132 Å². The van der Waals surface area contributed by atoms with Crippen molar-refractivity contribution in [2.45, 2.75) is 6.42 Å². The molecule has 0 spiro atoms. The molecular formula is C16H18N4O3. The number of amides is 1. The summed E-state index contributed by atoms with van der Waals surface area (Å²) in [5.74, 6) is -0.0979. The fraction of sp³-hybridized carbons (Fsp3) is 0.312. The number of hydrogen-bond acceptors (Lipinski definition) is 4. The van der Waals surface area contributed by atoms with Crippen molar-refractivity contribution in [3.63, 3.8) is 0 Å². The summed E-state index contributed by atoms with van der Waals surface area (Å²) >= 11 is 0. The molecule has 1 aliphatic rings. The number of hydrogen-bond donors (Lipinski definition) is 3. The highest BCUT2D eigenvalue weighted by atomic mass is 16.2. The fourth-order valence-electron chi connectivity index (χ4n) is 2.80. The molecule has 1 aromatic carbocycles. The largest absolute Gasteiger partial charge is 0.371 e. The first-order valence-corrected chi connectivity index (χ1v) is 7.53. The number of carbonyl (C=O) groups is 1. The van der Waals surface area contributed by atoms with Crippen molar-refractivity contribution in [2.75, 3.05) is 24.5 Å². The standard InChI is InChI=1S/C16H18N4O3/c21-14-8-13(18-16(23)19-14)15(22)17-9-11-6-7-20(10-11)12-4-2-1-3-5-12/h1-5,8,11H,6-7,9-10H2,(H,17,22)(H2,18,19,21,23)/t11-/m1/s1. The van der Waals surface area contributed by atoms with E-state index in [1.54, 1.807) is 0 Å². The summed E-state index contributed by atoms with van der Waals surface area (Å²) in [6, 6.07) is 11.2. The molecule has 0 radical (unpaired) electrons. The first-order valence-electron chi connectivity index (χ1n) is 7.53. The zero-order valence-electron chi connectivity index (χ0n) is 12.5. The van der Waals surface area contributed by atoms with Gasteiger partial charge in [0, 0.05) is 31.4 Å².